The SMILES string of the molecule is Cc1ccc(OCC(=O)NCNC(=S)NC(=O)c2ccc(Br)o2)c(C)c1. The molecule has 0 saturated carbocycles. The van der Waals surface area contributed by atoms with Crippen LogP contribution in [0, 0.1) is 13.8 Å². The van der Waals surface area contributed by atoms with Gasteiger partial charge in [-0.2, -0.15) is 0 Å². The predicted molar refractivity (Wildman–Crippen MR) is 104 cm³/mol. The van der Waals surface area contributed by atoms with E-state index in [9.17, 15) is 9.59 Å². The molecule has 7 nitrogen and oxygen atoms in total. The van der Waals surface area contributed by atoms with Gasteiger partial charge in [0.15, 0.2) is 22.1 Å². The first-order chi connectivity index (χ1) is 12.3. The number of amides is 2. The molecule has 0 aliphatic rings. The van der Waals surface area contributed by atoms with E-state index in [2.05, 4.69) is 31.9 Å². The van der Waals surface area contributed by atoms with Crippen LogP contribution in [-0.2, 0) is 4.79 Å². The van der Waals surface area contributed by atoms with Crippen LogP contribution in [-0.4, -0.2) is 30.2 Å². The van der Waals surface area contributed by atoms with E-state index in [0.717, 1.165) is 11.1 Å². The van der Waals surface area contributed by atoms with Gasteiger partial charge in [-0.25, -0.2) is 0 Å². The van der Waals surface area contributed by atoms with E-state index in [4.69, 9.17) is 21.4 Å². The lowest BCUT2D eigenvalue weighted by Gasteiger charge is -2.12. The molecule has 26 heavy (non-hydrogen) atoms. The number of aryl methyl sites for hydroxylation is 2. The summed E-state index contributed by atoms with van der Waals surface area (Å²) < 4.78 is 11.0. The van der Waals surface area contributed by atoms with Crippen molar-refractivity contribution in [2.45, 2.75) is 13.8 Å². The minimum Gasteiger partial charge on any atom is -0.484 e. The number of rotatable bonds is 6. The third kappa shape index (κ3) is 6.16. The lowest BCUT2D eigenvalue weighted by Crippen LogP contribution is -2.45. The van der Waals surface area contributed by atoms with Gasteiger partial charge in [0.1, 0.15) is 5.75 Å². The number of carbonyl (C=O) groups excluding carboxylic acids is 2. The molecular weight excluding hydrogens is 422 g/mol. The normalized spacial score (nSPS) is 10.1. The van der Waals surface area contributed by atoms with Gasteiger partial charge in [0.05, 0.1) is 6.67 Å². The molecule has 0 unspecified atom stereocenters. The first-order valence-electron chi connectivity index (χ1n) is 7.66. The summed E-state index contributed by atoms with van der Waals surface area (Å²) in [5, 5.41) is 7.79. The van der Waals surface area contributed by atoms with Crippen LogP contribution in [0.3, 0.4) is 0 Å². The Kier molecular flexibility index (Phi) is 7.16. The van der Waals surface area contributed by atoms with Crippen LogP contribution in [0.25, 0.3) is 0 Å². The highest BCUT2D eigenvalue weighted by Gasteiger charge is 2.12. The Bertz CT molecular complexity index is 822. The lowest BCUT2D eigenvalue weighted by molar-refractivity contribution is -0.123. The van der Waals surface area contributed by atoms with Crippen LogP contribution in [0.2, 0.25) is 0 Å². The fourth-order valence-corrected chi connectivity index (χ4v) is 2.50. The zero-order chi connectivity index (χ0) is 19.1. The van der Waals surface area contributed by atoms with Gasteiger partial charge >= 0.3 is 0 Å². The molecular formula is C17H18BrN3O4S. The van der Waals surface area contributed by atoms with E-state index in [1.54, 1.807) is 6.07 Å². The second-order valence-electron chi connectivity index (χ2n) is 5.40. The van der Waals surface area contributed by atoms with Crippen molar-refractivity contribution in [1.29, 1.82) is 0 Å². The molecule has 1 heterocycles. The van der Waals surface area contributed by atoms with Crippen molar-refractivity contribution < 1.29 is 18.7 Å². The number of ether oxygens (including phenoxy) is 1. The Hall–Kier alpha value is -2.39. The number of hydrogen-bond donors (Lipinski definition) is 3. The first kappa shape index (κ1) is 19.9. The van der Waals surface area contributed by atoms with E-state index < -0.39 is 5.91 Å². The number of nitrogens with one attached hydrogen (secondary N) is 3. The van der Waals surface area contributed by atoms with Gasteiger partial charge in [-0.05, 0) is 65.8 Å². The van der Waals surface area contributed by atoms with Gasteiger partial charge in [-0.15, -0.1) is 0 Å². The highest BCUT2D eigenvalue weighted by atomic mass is 79.9. The van der Waals surface area contributed by atoms with Gasteiger partial charge in [0, 0.05) is 0 Å². The Morgan fingerprint density at radius 1 is 1.19 bits per heavy atom. The maximum atomic E-state index is 11.8. The third-order valence-electron chi connectivity index (χ3n) is 3.25. The van der Waals surface area contributed by atoms with E-state index in [1.165, 1.54) is 6.07 Å². The first-order valence-corrected chi connectivity index (χ1v) is 8.86. The Morgan fingerprint density at radius 2 is 1.96 bits per heavy atom. The molecule has 1 aromatic carbocycles. The van der Waals surface area contributed by atoms with Crippen LogP contribution in [0.15, 0.2) is 39.4 Å². The maximum absolute atomic E-state index is 11.8. The number of furan rings is 1. The predicted octanol–water partition coefficient (Wildman–Crippen LogP) is 2.42. The number of halogens is 1. The minimum absolute atomic E-state index is 0.0516. The summed E-state index contributed by atoms with van der Waals surface area (Å²) in [5.74, 6) is -0.0303. The van der Waals surface area contributed by atoms with Crippen LogP contribution in [0.1, 0.15) is 21.7 Å². The monoisotopic (exact) mass is 439 g/mol. The van der Waals surface area contributed by atoms with E-state index in [1.807, 2.05) is 32.0 Å². The van der Waals surface area contributed by atoms with Crippen molar-refractivity contribution in [3.05, 3.63) is 51.9 Å². The van der Waals surface area contributed by atoms with Gasteiger partial charge in [-0.3, -0.25) is 14.9 Å². The molecule has 0 radical (unpaired) electrons. The smallest absolute Gasteiger partial charge is 0.293 e. The fourth-order valence-electron chi connectivity index (χ4n) is 2.02. The van der Waals surface area contributed by atoms with E-state index >= 15 is 0 Å². The zero-order valence-electron chi connectivity index (χ0n) is 14.2. The molecule has 0 bridgehead atoms. The lowest BCUT2D eigenvalue weighted by atomic mass is 10.1. The molecule has 2 amide bonds. The third-order valence-corrected chi connectivity index (χ3v) is 3.92. The molecule has 0 saturated heterocycles. The van der Waals surface area contributed by atoms with E-state index in [-0.39, 0.29) is 30.1 Å². The zero-order valence-corrected chi connectivity index (χ0v) is 16.6. The Balaban J connectivity index is 1.67. The van der Waals surface area contributed by atoms with Gasteiger partial charge in [0.25, 0.3) is 11.8 Å². The number of benzene rings is 1. The fraction of sp³-hybridized carbons (Fsp3) is 0.235. The van der Waals surface area contributed by atoms with Crippen molar-refractivity contribution in [2.24, 2.45) is 0 Å². The molecule has 0 spiro atoms. The molecule has 0 fully saturated rings. The van der Waals surface area contributed by atoms with Crippen molar-refractivity contribution in [1.82, 2.24) is 16.0 Å². The molecule has 2 rings (SSSR count). The summed E-state index contributed by atoms with van der Waals surface area (Å²) >= 11 is 8.09. The Morgan fingerprint density at radius 3 is 2.62 bits per heavy atom. The number of thiocarbonyl (C=S) groups is 1. The molecule has 138 valence electrons. The molecule has 1 aromatic heterocycles. The second kappa shape index (κ2) is 9.35. The van der Waals surface area contributed by atoms with Gasteiger partial charge < -0.3 is 19.8 Å². The average Bonchev–Trinajstić information content (AvgIpc) is 3.00. The topological polar surface area (TPSA) is 92.6 Å². The summed E-state index contributed by atoms with van der Waals surface area (Å²) in [5.41, 5.74) is 2.09. The van der Waals surface area contributed by atoms with Crippen molar-refractivity contribution in [3.63, 3.8) is 0 Å². The van der Waals surface area contributed by atoms with Gasteiger partial charge in [0.2, 0.25) is 0 Å². The summed E-state index contributed by atoms with van der Waals surface area (Å²) in [6.45, 7) is 3.84. The van der Waals surface area contributed by atoms with E-state index in [0.29, 0.717) is 10.4 Å². The Labute approximate surface area is 164 Å². The van der Waals surface area contributed by atoms with Gasteiger partial charge in [-0.1, -0.05) is 17.7 Å². The van der Waals surface area contributed by atoms with Crippen LogP contribution in [0.4, 0.5) is 0 Å². The molecule has 9 heteroatoms. The van der Waals surface area contributed by atoms with Crippen molar-refractivity contribution in [3.8, 4) is 5.75 Å². The standard InChI is InChI=1S/C17H18BrN3O4S/c1-10-3-4-12(11(2)7-10)24-8-15(22)19-9-20-17(26)21-16(23)13-5-6-14(18)25-13/h3-7H,8-9H2,1-2H3,(H,19,22)(H2,20,21,23,26). The van der Waals surface area contributed by atoms with Crippen LogP contribution in [0.5, 0.6) is 5.75 Å². The number of carbonyl (C=O) groups is 2. The largest absolute Gasteiger partial charge is 0.484 e. The summed E-state index contributed by atoms with van der Waals surface area (Å²) in [6.07, 6.45) is 0. The summed E-state index contributed by atoms with van der Waals surface area (Å²) in [6, 6.07) is 8.83. The molecule has 0 atom stereocenters. The maximum Gasteiger partial charge on any atom is 0.293 e. The highest BCUT2D eigenvalue weighted by molar-refractivity contribution is 9.10. The quantitative estimate of drug-likeness (QED) is 0.472. The van der Waals surface area contributed by atoms with Crippen molar-refractivity contribution in [2.75, 3.05) is 13.3 Å². The van der Waals surface area contributed by atoms with Crippen molar-refractivity contribution >= 4 is 45.1 Å². The highest BCUT2D eigenvalue weighted by Crippen LogP contribution is 2.18. The van der Waals surface area contributed by atoms with Crippen LogP contribution < -0.4 is 20.7 Å². The molecule has 0 aliphatic heterocycles. The average molecular weight is 440 g/mol. The number of hydrogen-bond acceptors (Lipinski definition) is 5. The van der Waals surface area contributed by atoms with Crippen LogP contribution >= 0.6 is 28.1 Å². The second-order valence-corrected chi connectivity index (χ2v) is 6.59. The summed E-state index contributed by atoms with van der Waals surface area (Å²) in [7, 11) is 0. The summed E-state index contributed by atoms with van der Waals surface area (Å²) in [4.78, 5) is 23.6. The molecule has 2 aromatic rings. The molecule has 0 aliphatic carbocycles. The molecule has 3 N–H and O–H groups in total. The minimum atomic E-state index is -0.488.